The van der Waals surface area contributed by atoms with Gasteiger partial charge in [-0.15, -0.1) is 11.3 Å². The van der Waals surface area contributed by atoms with Gasteiger partial charge in [-0.3, -0.25) is 4.90 Å². The van der Waals surface area contributed by atoms with Gasteiger partial charge in [0, 0.05) is 67.5 Å². The van der Waals surface area contributed by atoms with E-state index in [1.54, 1.807) is 54.7 Å². The molecule has 63 heavy (non-hydrogen) atoms. The minimum absolute atomic E-state index is 0.0163. The van der Waals surface area contributed by atoms with Crippen molar-refractivity contribution in [2.75, 3.05) is 46.4 Å². The summed E-state index contributed by atoms with van der Waals surface area (Å²) in [5, 5.41) is 22.0. The number of aliphatic carboxylic acids is 1. The molecule has 4 bridgehead atoms. The SMILES string of the molecule is Cc1c2ccc(c1Cl)O[C@H](CN1CCN(C)CC1)COc1ccc(OCc3ccnc(-c4cccnc4O)n3)c(c1)C[C@H](C(=O)O)Oc1ncnc3sc(-c4ccc(F)cc4)c-2c13. The van der Waals surface area contributed by atoms with Crippen molar-refractivity contribution in [3.05, 3.63) is 119 Å². The van der Waals surface area contributed by atoms with E-state index >= 15 is 0 Å². The first kappa shape index (κ1) is 41.9. The lowest BCUT2D eigenvalue weighted by atomic mass is 9.96. The smallest absolute Gasteiger partial charge is 0.345 e. The van der Waals surface area contributed by atoms with Gasteiger partial charge in [0.1, 0.15) is 53.5 Å². The Morgan fingerprint density at radius 1 is 0.968 bits per heavy atom. The molecular weight excluding hydrogens is 849 g/mol. The second-order valence-electron chi connectivity index (χ2n) is 15.3. The largest absolute Gasteiger partial charge is 0.493 e. The molecule has 3 aliphatic heterocycles. The number of fused-ring (bicyclic) bond motifs is 7. The highest BCUT2D eigenvalue weighted by Gasteiger charge is 2.30. The highest BCUT2D eigenvalue weighted by atomic mass is 35.5. The number of aromatic nitrogens is 5. The zero-order valence-corrected chi connectivity index (χ0v) is 35.8. The van der Waals surface area contributed by atoms with E-state index in [0.29, 0.717) is 72.5 Å². The number of piperazine rings is 1. The van der Waals surface area contributed by atoms with Crippen LogP contribution >= 0.6 is 22.9 Å². The Kier molecular flexibility index (Phi) is 12.0. The number of rotatable bonds is 8. The fourth-order valence-electron chi connectivity index (χ4n) is 7.68. The number of nitrogens with zero attached hydrogens (tertiary/aromatic N) is 7. The first-order chi connectivity index (χ1) is 30.6. The van der Waals surface area contributed by atoms with Crippen LogP contribution in [0.4, 0.5) is 4.39 Å². The van der Waals surface area contributed by atoms with E-state index in [4.69, 9.17) is 30.5 Å². The maximum Gasteiger partial charge on any atom is 0.345 e. The normalized spacial score (nSPS) is 17.1. The summed E-state index contributed by atoms with van der Waals surface area (Å²) >= 11 is 8.56. The number of hydrogen-bond donors (Lipinski definition) is 2. The lowest BCUT2D eigenvalue weighted by Gasteiger charge is -2.34. The molecule has 10 rings (SSSR count). The van der Waals surface area contributed by atoms with Gasteiger partial charge in [0.05, 0.1) is 21.7 Å². The first-order valence-electron chi connectivity index (χ1n) is 20.2. The van der Waals surface area contributed by atoms with Crippen LogP contribution in [0.5, 0.6) is 29.0 Å². The molecule has 2 atom stereocenters. The summed E-state index contributed by atoms with van der Waals surface area (Å²) < 4.78 is 40.2. The number of carboxylic acids is 1. The number of aromatic hydroxyl groups is 1. The summed E-state index contributed by atoms with van der Waals surface area (Å²) in [5.41, 5.74) is 4.13. The second kappa shape index (κ2) is 18.1. The van der Waals surface area contributed by atoms with Crippen LogP contribution in [0.15, 0.2) is 91.5 Å². The number of halogens is 2. The standard InChI is InChI=1S/C46H41ClFN7O7S/c1-26-33-10-12-36(40(26)47)61-32(22-55-18-16-54(2)17-19-55)24-59-31-9-11-35(60-23-30-13-15-49-42(53-30)34-4-3-14-50-43(34)56)28(20-31)21-37(46(57)58)62-44-39-38(33)41(63-45(39)52-25-51-44)27-5-7-29(48)8-6-27/h3-15,20,25,32,37H,16-19,21-24H2,1-2H3,(H,50,56)(H,57,58)/t32-,37-/m1/s1. The molecule has 1 saturated heterocycles. The Balaban J connectivity index is 1.14. The molecule has 17 heteroatoms. The highest BCUT2D eigenvalue weighted by molar-refractivity contribution is 7.22. The molecular formula is C46H41ClFN7O7S. The predicted molar refractivity (Wildman–Crippen MR) is 235 cm³/mol. The molecule has 0 amide bonds. The van der Waals surface area contributed by atoms with E-state index in [9.17, 15) is 19.4 Å². The monoisotopic (exact) mass is 889 g/mol. The third-order valence-corrected chi connectivity index (χ3v) is 12.7. The molecule has 3 aromatic carbocycles. The quantitative estimate of drug-likeness (QED) is 0.152. The minimum atomic E-state index is -1.46. The number of likely N-dealkylation sites (N-methyl/N-ethyl adjacent to an activating group) is 1. The van der Waals surface area contributed by atoms with Crippen LogP contribution in [-0.4, -0.2) is 109 Å². The van der Waals surface area contributed by atoms with Crippen LogP contribution in [0.3, 0.4) is 0 Å². The van der Waals surface area contributed by atoms with Crippen LogP contribution in [0.25, 0.3) is 43.2 Å². The Labute approximate surface area is 370 Å². The van der Waals surface area contributed by atoms with Gasteiger partial charge in [0.2, 0.25) is 17.9 Å². The zero-order chi connectivity index (χ0) is 43.6. The molecule has 0 radical (unpaired) electrons. The van der Waals surface area contributed by atoms with Gasteiger partial charge in [-0.2, -0.15) is 0 Å². The Hall–Kier alpha value is -6.46. The molecule has 4 aromatic heterocycles. The van der Waals surface area contributed by atoms with E-state index in [1.165, 1.54) is 36.0 Å². The maximum atomic E-state index is 14.2. The summed E-state index contributed by atoms with van der Waals surface area (Å²) in [6, 6.07) is 20.1. The van der Waals surface area contributed by atoms with Crippen molar-refractivity contribution in [2.45, 2.75) is 32.2 Å². The first-order valence-corrected chi connectivity index (χ1v) is 21.4. The Bertz CT molecular complexity index is 2810. The van der Waals surface area contributed by atoms with Crippen LogP contribution in [0, 0.1) is 12.7 Å². The maximum absolute atomic E-state index is 14.2. The van der Waals surface area contributed by atoms with Crippen LogP contribution in [0.1, 0.15) is 16.8 Å². The molecule has 14 nitrogen and oxygen atoms in total. The summed E-state index contributed by atoms with van der Waals surface area (Å²) in [4.78, 5) is 41.0. The van der Waals surface area contributed by atoms with E-state index in [2.05, 4.69) is 41.8 Å². The van der Waals surface area contributed by atoms with Crippen molar-refractivity contribution in [2.24, 2.45) is 0 Å². The molecule has 1 fully saturated rings. The topological polar surface area (TPSA) is 165 Å². The number of carboxylic acid groups (broad SMARTS) is 1. The number of benzene rings is 3. The molecule has 2 N–H and O–H groups in total. The van der Waals surface area contributed by atoms with Gasteiger partial charge in [-0.05, 0) is 85.3 Å². The third-order valence-electron chi connectivity index (χ3n) is 11.1. The molecule has 0 spiro atoms. The summed E-state index contributed by atoms with van der Waals surface area (Å²) in [7, 11) is 2.10. The number of carbonyl (C=O) groups is 1. The van der Waals surface area contributed by atoms with Gasteiger partial charge >= 0.3 is 5.97 Å². The van der Waals surface area contributed by atoms with E-state index in [1.807, 2.05) is 19.1 Å². The van der Waals surface area contributed by atoms with E-state index < -0.39 is 18.2 Å². The Morgan fingerprint density at radius 2 is 1.79 bits per heavy atom. The molecule has 3 aliphatic rings. The number of pyridine rings is 1. The number of hydrogen-bond acceptors (Lipinski definition) is 14. The number of thiophene rings is 1. The third kappa shape index (κ3) is 9.06. The predicted octanol–water partition coefficient (Wildman–Crippen LogP) is 7.72. The fourth-order valence-corrected chi connectivity index (χ4v) is 9.04. The molecule has 7 heterocycles. The second-order valence-corrected chi connectivity index (χ2v) is 16.7. The van der Waals surface area contributed by atoms with Crippen molar-refractivity contribution in [3.63, 3.8) is 0 Å². The highest BCUT2D eigenvalue weighted by Crippen LogP contribution is 2.49. The lowest BCUT2D eigenvalue weighted by Crippen LogP contribution is -2.49. The molecule has 0 aliphatic carbocycles. The van der Waals surface area contributed by atoms with Crippen molar-refractivity contribution in [1.29, 1.82) is 0 Å². The fraction of sp³-hybridized carbons (Fsp3) is 0.261. The van der Waals surface area contributed by atoms with Gasteiger partial charge in [0.15, 0.2) is 5.82 Å². The zero-order valence-electron chi connectivity index (χ0n) is 34.2. The van der Waals surface area contributed by atoms with Crippen molar-refractivity contribution in [3.8, 4) is 62.0 Å². The Morgan fingerprint density at radius 3 is 2.59 bits per heavy atom. The average Bonchev–Trinajstić information content (AvgIpc) is 3.67. The van der Waals surface area contributed by atoms with Gasteiger partial charge in [-0.25, -0.2) is 34.1 Å². The number of ether oxygens (including phenoxy) is 4. The van der Waals surface area contributed by atoms with Crippen molar-refractivity contribution < 1.29 is 38.3 Å². The van der Waals surface area contributed by atoms with Gasteiger partial charge in [0.25, 0.3) is 0 Å². The lowest BCUT2D eigenvalue weighted by molar-refractivity contribution is -0.145. The van der Waals surface area contributed by atoms with Crippen molar-refractivity contribution in [1.82, 2.24) is 34.7 Å². The van der Waals surface area contributed by atoms with Crippen molar-refractivity contribution >= 4 is 39.1 Å². The van der Waals surface area contributed by atoms with E-state index in [0.717, 1.165) is 36.6 Å². The summed E-state index contributed by atoms with van der Waals surface area (Å²) in [5.74, 6) is -0.226. The average molecular weight is 890 g/mol. The van der Waals surface area contributed by atoms with Gasteiger partial charge < -0.3 is 34.1 Å². The van der Waals surface area contributed by atoms with E-state index in [-0.39, 0.29) is 43.0 Å². The summed E-state index contributed by atoms with van der Waals surface area (Å²) in [6.07, 6.45) is 2.28. The van der Waals surface area contributed by atoms with Crippen LogP contribution in [-0.2, 0) is 17.8 Å². The molecule has 322 valence electrons. The van der Waals surface area contributed by atoms with Gasteiger partial charge in [-0.1, -0.05) is 29.8 Å². The molecule has 0 unspecified atom stereocenters. The van der Waals surface area contributed by atoms with Crippen LogP contribution in [0.2, 0.25) is 5.02 Å². The minimum Gasteiger partial charge on any atom is -0.493 e. The molecule has 7 aromatic rings. The van der Waals surface area contributed by atoms with Crippen LogP contribution < -0.4 is 18.9 Å². The summed E-state index contributed by atoms with van der Waals surface area (Å²) in [6.45, 7) is 6.13. The molecule has 0 saturated carbocycles.